The number of carbonyl (C=O) groups is 2. The van der Waals surface area contributed by atoms with E-state index in [9.17, 15) is 18.7 Å². The van der Waals surface area contributed by atoms with Gasteiger partial charge in [0.25, 0.3) is 0 Å². The second-order valence-electron chi connectivity index (χ2n) is 3.01. The fraction of sp³-hybridized carbons (Fsp3) is 0.667. The summed E-state index contributed by atoms with van der Waals surface area (Å²) in [5, 5.41) is 8.31. The van der Waals surface area contributed by atoms with Crippen LogP contribution in [-0.2, 0) is 32.3 Å². The molecule has 0 aliphatic carbocycles. The van der Waals surface area contributed by atoms with E-state index in [1.165, 1.54) is 0 Å². The van der Waals surface area contributed by atoms with Gasteiger partial charge in [0.15, 0.2) is 11.6 Å². The van der Waals surface area contributed by atoms with Crippen LogP contribution in [0.25, 0.3) is 0 Å². The van der Waals surface area contributed by atoms with Crippen molar-refractivity contribution >= 4 is 27.2 Å². The zero-order valence-corrected chi connectivity index (χ0v) is 11.2. The highest BCUT2D eigenvalue weighted by molar-refractivity contribution is 7.47. The fourth-order valence-electron chi connectivity index (χ4n) is 0.588. The largest absolute Gasteiger partial charge is 0.473 e. The third kappa shape index (κ3) is 11.1. The van der Waals surface area contributed by atoms with Crippen molar-refractivity contribution in [3.8, 4) is 0 Å². The number of hydrogen-bond donors (Lipinski definition) is 4. The molecule has 0 heterocycles. The SMILES string of the molecule is O=C(CO)COP(=O)(O)OCC(=O)COP(=O)(O)O. The molecule has 4 N–H and O–H groups in total. The maximum absolute atomic E-state index is 11.1. The molecule has 0 spiro atoms. The van der Waals surface area contributed by atoms with E-state index in [4.69, 9.17) is 19.8 Å². The Bertz CT molecular complexity index is 411. The number of hydrogen-bond acceptors (Lipinski definition) is 8. The average molecular weight is 322 g/mol. The number of Topliss-reactive ketones (excluding diaryl/α,β-unsaturated/α-hetero) is 2. The highest BCUT2D eigenvalue weighted by Crippen LogP contribution is 2.43. The van der Waals surface area contributed by atoms with Crippen LogP contribution in [0.1, 0.15) is 0 Å². The minimum atomic E-state index is -4.83. The molecule has 0 aliphatic rings. The first-order chi connectivity index (χ1) is 8.56. The van der Waals surface area contributed by atoms with Gasteiger partial charge in [-0.1, -0.05) is 0 Å². The molecule has 13 heteroatoms. The summed E-state index contributed by atoms with van der Waals surface area (Å²) in [6.45, 7) is -3.83. The van der Waals surface area contributed by atoms with Gasteiger partial charge in [-0.05, 0) is 0 Å². The lowest BCUT2D eigenvalue weighted by Gasteiger charge is -2.11. The van der Waals surface area contributed by atoms with E-state index in [0.29, 0.717) is 0 Å². The van der Waals surface area contributed by atoms with Gasteiger partial charge in [0.1, 0.15) is 26.4 Å². The molecule has 0 saturated heterocycles. The number of phosphoric acid groups is 2. The number of aliphatic hydroxyl groups is 1. The van der Waals surface area contributed by atoms with Crippen molar-refractivity contribution in [2.75, 3.05) is 26.4 Å². The summed E-state index contributed by atoms with van der Waals surface area (Å²) in [5.74, 6) is -1.91. The highest BCUT2D eigenvalue weighted by atomic mass is 31.2. The minimum Gasteiger partial charge on any atom is -0.388 e. The first-order valence-corrected chi connectivity index (χ1v) is 7.54. The molecule has 112 valence electrons. The molecule has 11 nitrogen and oxygen atoms in total. The molecule has 0 amide bonds. The summed E-state index contributed by atoms with van der Waals surface area (Å²) < 4.78 is 33.4. The maximum Gasteiger partial charge on any atom is 0.473 e. The Morgan fingerprint density at radius 1 is 0.842 bits per heavy atom. The number of ketones is 2. The molecule has 0 bridgehead atoms. The van der Waals surface area contributed by atoms with Crippen molar-refractivity contribution in [3.05, 3.63) is 0 Å². The van der Waals surface area contributed by atoms with Gasteiger partial charge < -0.3 is 19.8 Å². The molecular weight excluding hydrogens is 310 g/mol. The Labute approximate surface area is 107 Å². The van der Waals surface area contributed by atoms with Gasteiger partial charge in [-0.3, -0.25) is 23.2 Å². The number of phosphoric ester groups is 2. The number of aliphatic hydroxyl groups excluding tert-OH is 1. The second-order valence-corrected chi connectivity index (χ2v) is 5.71. The average Bonchev–Trinajstić information content (AvgIpc) is 2.30. The van der Waals surface area contributed by atoms with E-state index in [-0.39, 0.29) is 0 Å². The lowest BCUT2D eigenvalue weighted by Crippen LogP contribution is -2.16. The Kier molecular flexibility index (Phi) is 7.75. The molecule has 0 rings (SSSR count). The Hall–Kier alpha value is -0.480. The molecule has 19 heavy (non-hydrogen) atoms. The third-order valence-corrected chi connectivity index (χ3v) is 2.72. The van der Waals surface area contributed by atoms with E-state index in [2.05, 4.69) is 13.6 Å². The molecule has 0 aliphatic heterocycles. The van der Waals surface area contributed by atoms with Crippen LogP contribution < -0.4 is 0 Å². The van der Waals surface area contributed by atoms with Crippen LogP contribution in [-0.4, -0.2) is 57.8 Å². The maximum atomic E-state index is 11.1. The Morgan fingerprint density at radius 2 is 1.26 bits per heavy atom. The second kappa shape index (κ2) is 7.95. The van der Waals surface area contributed by atoms with Crippen molar-refractivity contribution in [3.63, 3.8) is 0 Å². The van der Waals surface area contributed by atoms with Crippen molar-refractivity contribution in [1.29, 1.82) is 0 Å². The van der Waals surface area contributed by atoms with Gasteiger partial charge in [-0.2, -0.15) is 0 Å². The van der Waals surface area contributed by atoms with Gasteiger partial charge in [-0.25, -0.2) is 9.13 Å². The first kappa shape index (κ1) is 18.5. The van der Waals surface area contributed by atoms with Gasteiger partial charge in [0.2, 0.25) is 0 Å². The Morgan fingerprint density at radius 3 is 1.68 bits per heavy atom. The number of rotatable bonds is 10. The smallest absolute Gasteiger partial charge is 0.388 e. The molecule has 0 aromatic carbocycles. The van der Waals surface area contributed by atoms with E-state index < -0.39 is 53.6 Å². The van der Waals surface area contributed by atoms with Crippen molar-refractivity contribution in [1.82, 2.24) is 0 Å². The monoisotopic (exact) mass is 322 g/mol. The van der Waals surface area contributed by atoms with Gasteiger partial charge in [0.05, 0.1) is 0 Å². The molecule has 1 atom stereocenters. The van der Waals surface area contributed by atoms with Crippen LogP contribution in [0.5, 0.6) is 0 Å². The third-order valence-electron chi connectivity index (χ3n) is 1.35. The van der Waals surface area contributed by atoms with Crippen molar-refractivity contribution in [2.45, 2.75) is 0 Å². The van der Waals surface area contributed by atoms with E-state index >= 15 is 0 Å². The van der Waals surface area contributed by atoms with Crippen LogP contribution >= 0.6 is 15.6 Å². The summed E-state index contributed by atoms with van der Waals surface area (Å²) >= 11 is 0. The highest BCUT2D eigenvalue weighted by Gasteiger charge is 2.24. The van der Waals surface area contributed by atoms with Crippen molar-refractivity contribution in [2.24, 2.45) is 0 Å². The number of carbonyl (C=O) groups excluding carboxylic acids is 2. The summed E-state index contributed by atoms with van der Waals surface area (Å²) in [5.41, 5.74) is 0. The van der Waals surface area contributed by atoms with Crippen molar-refractivity contribution < 1.29 is 52.1 Å². The standard InChI is InChI=1S/C6H12O11P2/c7-1-5(8)2-16-19(13,14)17-4-6(9)3-15-18(10,11)12/h7H,1-4H2,(H,13,14)(H2,10,11,12). The lowest BCUT2D eigenvalue weighted by molar-refractivity contribution is -0.125. The molecule has 1 unspecified atom stereocenters. The fourth-order valence-corrected chi connectivity index (χ4v) is 1.59. The molecule has 0 saturated carbocycles. The quantitative estimate of drug-likeness (QED) is 0.339. The van der Waals surface area contributed by atoms with E-state index in [0.717, 1.165) is 0 Å². The van der Waals surface area contributed by atoms with E-state index in [1.54, 1.807) is 0 Å². The normalized spacial score (nSPS) is 14.9. The molecule has 0 fully saturated rings. The summed E-state index contributed by atoms with van der Waals surface area (Å²) in [4.78, 5) is 47.0. The lowest BCUT2D eigenvalue weighted by atomic mass is 10.5. The zero-order chi connectivity index (χ0) is 15.1. The molecule has 0 aromatic rings. The molecule has 0 radical (unpaired) electrons. The topological polar surface area (TPSA) is 177 Å². The van der Waals surface area contributed by atoms with Gasteiger partial charge in [-0.15, -0.1) is 0 Å². The summed E-state index contributed by atoms with van der Waals surface area (Å²) in [6.07, 6.45) is 0. The summed E-state index contributed by atoms with van der Waals surface area (Å²) in [7, 11) is -9.51. The minimum absolute atomic E-state index is 0.881. The van der Waals surface area contributed by atoms with Gasteiger partial charge >= 0.3 is 15.6 Å². The predicted octanol–water partition coefficient (Wildman–Crippen LogP) is -1.64. The first-order valence-electron chi connectivity index (χ1n) is 4.52. The predicted molar refractivity (Wildman–Crippen MR) is 56.8 cm³/mol. The molecular formula is C6H12O11P2. The molecule has 0 aromatic heterocycles. The van der Waals surface area contributed by atoms with Crippen LogP contribution in [0.15, 0.2) is 0 Å². The van der Waals surface area contributed by atoms with Crippen LogP contribution in [0, 0.1) is 0 Å². The van der Waals surface area contributed by atoms with Gasteiger partial charge in [0, 0.05) is 0 Å². The summed E-state index contributed by atoms with van der Waals surface area (Å²) in [6, 6.07) is 0. The van der Waals surface area contributed by atoms with E-state index in [1.807, 2.05) is 0 Å². The van der Waals surface area contributed by atoms with Crippen LogP contribution in [0.4, 0.5) is 0 Å². The van der Waals surface area contributed by atoms with Crippen LogP contribution in [0.3, 0.4) is 0 Å². The zero-order valence-electron chi connectivity index (χ0n) is 9.37. The van der Waals surface area contributed by atoms with Crippen LogP contribution in [0.2, 0.25) is 0 Å². The Balaban J connectivity index is 4.03.